The number of amides is 1. The molecule has 1 saturated heterocycles. The van der Waals surface area contributed by atoms with Crippen LogP contribution in [0.25, 0.3) is 0 Å². The standard InChI is InChI=1S/C11H19NO/c1-8-6-7-11(5,9(13)12-8)10(2,3)4/h1,6-7H2,2-5H3,(H,12,13)/i6D2,7D2. The summed E-state index contributed by atoms with van der Waals surface area (Å²) in [7, 11) is 0. The normalized spacial score (nSPS) is 42.5. The SMILES string of the molecule is [2H]C1([2H])C(=C)NC(=O)C(C)(C(C)(C)C)C1([2H])[2H]. The third-order valence-electron chi connectivity index (χ3n) is 2.68. The lowest BCUT2D eigenvalue weighted by Gasteiger charge is -2.43. The number of carbonyl (C=O) groups is 1. The number of piperidine rings is 1. The topological polar surface area (TPSA) is 29.1 Å². The second-order valence-corrected chi connectivity index (χ2v) is 4.56. The number of nitrogens with one attached hydrogen (secondary N) is 1. The van der Waals surface area contributed by atoms with Gasteiger partial charge >= 0.3 is 0 Å². The average Bonchev–Trinajstić information content (AvgIpc) is 2.11. The molecule has 74 valence electrons. The van der Waals surface area contributed by atoms with Crippen LogP contribution >= 0.6 is 0 Å². The summed E-state index contributed by atoms with van der Waals surface area (Å²) in [6, 6.07) is 0. The first-order chi connectivity index (χ1) is 7.30. The molecule has 1 aliphatic heterocycles. The van der Waals surface area contributed by atoms with Crippen LogP contribution < -0.4 is 5.32 Å². The molecule has 0 aromatic heterocycles. The van der Waals surface area contributed by atoms with Crippen molar-refractivity contribution in [2.45, 2.75) is 40.4 Å². The van der Waals surface area contributed by atoms with E-state index in [-0.39, 0.29) is 5.70 Å². The third-order valence-corrected chi connectivity index (χ3v) is 2.68. The first kappa shape index (κ1) is 5.84. The van der Waals surface area contributed by atoms with Gasteiger partial charge in [-0.25, -0.2) is 0 Å². The number of rotatable bonds is 0. The minimum atomic E-state index is -2.32. The van der Waals surface area contributed by atoms with E-state index in [4.69, 9.17) is 5.48 Å². The van der Waals surface area contributed by atoms with Crippen LogP contribution in [0.4, 0.5) is 0 Å². The highest BCUT2D eigenvalue weighted by molar-refractivity contribution is 5.85. The van der Waals surface area contributed by atoms with Crippen molar-refractivity contribution >= 4 is 5.91 Å². The molecule has 2 nitrogen and oxygen atoms in total. The van der Waals surface area contributed by atoms with Crippen LogP contribution in [-0.4, -0.2) is 5.91 Å². The fourth-order valence-electron chi connectivity index (χ4n) is 1.08. The van der Waals surface area contributed by atoms with Gasteiger partial charge in [0.05, 0.1) is 5.41 Å². The molecule has 1 fully saturated rings. The Morgan fingerprint density at radius 2 is 2.15 bits per heavy atom. The van der Waals surface area contributed by atoms with Gasteiger partial charge in [0.25, 0.3) is 0 Å². The zero-order chi connectivity index (χ0) is 13.9. The Labute approximate surface area is 86.0 Å². The summed E-state index contributed by atoms with van der Waals surface area (Å²) in [6.45, 7) is 10.1. The van der Waals surface area contributed by atoms with Gasteiger partial charge in [0, 0.05) is 11.2 Å². The van der Waals surface area contributed by atoms with Gasteiger partial charge in [0.1, 0.15) is 0 Å². The van der Waals surface area contributed by atoms with Gasteiger partial charge in [-0.05, 0) is 18.2 Å². The highest BCUT2D eigenvalue weighted by atomic mass is 16.2. The van der Waals surface area contributed by atoms with Crippen LogP contribution in [0.15, 0.2) is 12.3 Å². The molecule has 1 rings (SSSR count). The van der Waals surface area contributed by atoms with Gasteiger partial charge < -0.3 is 5.32 Å². The smallest absolute Gasteiger partial charge is 0.230 e. The molecule has 1 unspecified atom stereocenters. The molecule has 1 heterocycles. The molecule has 1 N–H and O–H groups in total. The zero-order valence-corrected chi connectivity index (χ0v) is 8.62. The van der Waals surface area contributed by atoms with Crippen LogP contribution in [0.3, 0.4) is 0 Å². The highest BCUT2D eigenvalue weighted by Gasteiger charge is 2.45. The number of hydrogen-bond acceptors (Lipinski definition) is 1. The molecule has 0 aromatic carbocycles. The van der Waals surface area contributed by atoms with Crippen LogP contribution in [0, 0.1) is 10.8 Å². The summed E-state index contributed by atoms with van der Waals surface area (Å²) in [4.78, 5) is 12.1. The summed E-state index contributed by atoms with van der Waals surface area (Å²) in [5.74, 6) is -0.518. The monoisotopic (exact) mass is 185 g/mol. The lowest BCUT2D eigenvalue weighted by molar-refractivity contribution is -0.137. The molecule has 1 atom stereocenters. The van der Waals surface area contributed by atoms with Gasteiger partial charge in [-0.1, -0.05) is 34.3 Å². The summed E-state index contributed by atoms with van der Waals surface area (Å²) >= 11 is 0. The Morgan fingerprint density at radius 3 is 2.62 bits per heavy atom. The van der Waals surface area contributed by atoms with Crippen molar-refractivity contribution in [1.82, 2.24) is 5.32 Å². The molecule has 1 amide bonds. The molecular weight excluding hydrogens is 162 g/mol. The summed E-state index contributed by atoms with van der Waals surface area (Å²) in [6.07, 6.45) is -4.61. The van der Waals surface area contributed by atoms with Crippen LogP contribution in [-0.2, 0) is 4.79 Å². The van der Waals surface area contributed by atoms with Crippen molar-refractivity contribution in [3.63, 3.8) is 0 Å². The first-order valence-electron chi connectivity index (χ1n) is 6.31. The molecule has 0 aromatic rings. The van der Waals surface area contributed by atoms with Crippen molar-refractivity contribution in [3.05, 3.63) is 12.3 Å². The maximum absolute atomic E-state index is 12.1. The number of carbonyl (C=O) groups excluding carboxylic acids is 1. The predicted molar refractivity (Wildman–Crippen MR) is 54.1 cm³/mol. The van der Waals surface area contributed by atoms with E-state index < -0.39 is 29.5 Å². The Balaban J connectivity index is 3.51. The van der Waals surface area contributed by atoms with E-state index >= 15 is 0 Å². The van der Waals surface area contributed by atoms with Gasteiger partial charge in [0.15, 0.2) is 0 Å². The van der Waals surface area contributed by atoms with Crippen LogP contribution in [0.2, 0.25) is 0 Å². The molecular formula is C11H19NO. The highest BCUT2D eigenvalue weighted by Crippen LogP contribution is 2.44. The number of allylic oxidation sites excluding steroid dienone is 1. The maximum atomic E-state index is 12.1. The average molecular weight is 185 g/mol. The van der Waals surface area contributed by atoms with Gasteiger partial charge in [-0.3, -0.25) is 4.79 Å². The van der Waals surface area contributed by atoms with E-state index in [1.807, 2.05) is 0 Å². The lowest BCUT2D eigenvalue weighted by atomic mass is 9.63. The Kier molecular flexibility index (Phi) is 1.29. The number of hydrogen-bond donors (Lipinski definition) is 1. The van der Waals surface area contributed by atoms with E-state index in [1.54, 1.807) is 20.8 Å². The molecule has 0 radical (unpaired) electrons. The largest absolute Gasteiger partial charge is 0.330 e. The Bertz CT molecular complexity index is 383. The van der Waals surface area contributed by atoms with E-state index in [0.717, 1.165) is 0 Å². The van der Waals surface area contributed by atoms with Gasteiger partial charge in [-0.15, -0.1) is 0 Å². The van der Waals surface area contributed by atoms with Crippen molar-refractivity contribution in [2.24, 2.45) is 10.8 Å². The molecule has 13 heavy (non-hydrogen) atoms. The summed E-state index contributed by atoms with van der Waals surface area (Å²) < 4.78 is 31.8. The molecule has 1 aliphatic rings. The van der Waals surface area contributed by atoms with Crippen molar-refractivity contribution < 1.29 is 10.3 Å². The second kappa shape index (κ2) is 2.86. The Morgan fingerprint density at radius 1 is 1.62 bits per heavy atom. The van der Waals surface area contributed by atoms with Gasteiger partial charge in [0.2, 0.25) is 5.91 Å². The van der Waals surface area contributed by atoms with Crippen molar-refractivity contribution in [3.8, 4) is 0 Å². The first-order valence-corrected chi connectivity index (χ1v) is 4.31. The van der Waals surface area contributed by atoms with E-state index in [9.17, 15) is 4.79 Å². The Hall–Kier alpha value is -0.790. The minimum Gasteiger partial charge on any atom is -0.330 e. The zero-order valence-electron chi connectivity index (χ0n) is 12.6. The summed E-state index contributed by atoms with van der Waals surface area (Å²) in [5, 5.41) is 2.37. The fourth-order valence-corrected chi connectivity index (χ4v) is 1.08. The predicted octanol–water partition coefficient (Wildman–Crippen LogP) is 2.46. The quantitative estimate of drug-likeness (QED) is 0.617. The second-order valence-electron chi connectivity index (χ2n) is 4.56. The van der Waals surface area contributed by atoms with Gasteiger partial charge in [-0.2, -0.15) is 0 Å². The molecule has 2 heteroatoms. The van der Waals surface area contributed by atoms with Crippen LogP contribution in [0.1, 0.15) is 45.9 Å². The molecule has 0 aliphatic carbocycles. The van der Waals surface area contributed by atoms with Crippen LogP contribution in [0.5, 0.6) is 0 Å². The van der Waals surface area contributed by atoms with Crippen molar-refractivity contribution in [1.29, 1.82) is 0 Å². The lowest BCUT2D eigenvalue weighted by Crippen LogP contribution is -2.49. The fraction of sp³-hybridized carbons (Fsp3) is 0.727. The molecule has 0 bridgehead atoms. The van der Waals surface area contributed by atoms with E-state index in [0.29, 0.717) is 0 Å². The minimum absolute atomic E-state index is 0.214. The molecule has 0 spiro atoms. The maximum Gasteiger partial charge on any atom is 0.230 e. The van der Waals surface area contributed by atoms with Crippen molar-refractivity contribution in [2.75, 3.05) is 0 Å². The van der Waals surface area contributed by atoms with E-state index in [2.05, 4.69) is 11.9 Å². The van der Waals surface area contributed by atoms with E-state index in [1.165, 1.54) is 6.92 Å². The summed E-state index contributed by atoms with van der Waals surface area (Å²) in [5.41, 5.74) is -2.39. The third kappa shape index (κ3) is 1.62. The molecule has 0 saturated carbocycles.